The topological polar surface area (TPSA) is 103 Å². The van der Waals surface area contributed by atoms with Crippen LogP contribution in [0.3, 0.4) is 0 Å². The van der Waals surface area contributed by atoms with Crippen LogP contribution in [0.2, 0.25) is 0 Å². The number of hydrogen-bond donors (Lipinski definition) is 3. The van der Waals surface area contributed by atoms with Crippen LogP contribution in [0.5, 0.6) is 0 Å². The van der Waals surface area contributed by atoms with Crippen molar-refractivity contribution in [3.05, 3.63) is 78.4 Å². The molecule has 0 saturated carbocycles. The minimum atomic E-state index is -1.08. The highest BCUT2D eigenvalue weighted by atomic mass is 16.4. The van der Waals surface area contributed by atoms with Gasteiger partial charge in [-0.15, -0.1) is 0 Å². The molecule has 0 bridgehead atoms. The molecular weight excluding hydrogens is 296 g/mol. The minimum absolute atomic E-state index is 0.0891. The zero-order chi connectivity index (χ0) is 16.7. The number of hydrogen-bond acceptors (Lipinski definition) is 3. The first-order valence-electron chi connectivity index (χ1n) is 6.69. The van der Waals surface area contributed by atoms with Crippen LogP contribution in [0.15, 0.2) is 67.3 Å². The molecule has 3 aromatic rings. The molecule has 2 aromatic carbocycles. The molecule has 1 aromatic heterocycles. The van der Waals surface area contributed by atoms with E-state index in [9.17, 15) is 9.59 Å². The van der Waals surface area contributed by atoms with Crippen molar-refractivity contribution in [2.24, 2.45) is 0 Å². The molecule has 6 nitrogen and oxygen atoms in total. The predicted molar refractivity (Wildman–Crippen MR) is 84.4 cm³/mol. The Morgan fingerprint density at radius 3 is 1.61 bits per heavy atom. The second kappa shape index (κ2) is 7.56. The van der Waals surface area contributed by atoms with Crippen molar-refractivity contribution in [2.45, 2.75) is 0 Å². The van der Waals surface area contributed by atoms with Crippen LogP contribution in [0, 0.1) is 0 Å². The summed E-state index contributed by atoms with van der Waals surface area (Å²) in [6.45, 7) is 0. The van der Waals surface area contributed by atoms with Gasteiger partial charge in [0.25, 0.3) is 0 Å². The normalized spacial score (nSPS) is 9.57. The van der Waals surface area contributed by atoms with Gasteiger partial charge in [0.1, 0.15) is 0 Å². The Kier molecular flexibility index (Phi) is 5.25. The van der Waals surface area contributed by atoms with E-state index in [4.69, 9.17) is 10.2 Å². The molecular formula is C17H14N2O4. The van der Waals surface area contributed by atoms with Crippen molar-refractivity contribution < 1.29 is 19.8 Å². The minimum Gasteiger partial charge on any atom is -0.478 e. The lowest BCUT2D eigenvalue weighted by Crippen LogP contribution is -2.03. The number of rotatable bonds is 3. The number of aromatic nitrogens is 2. The molecule has 0 spiro atoms. The van der Waals surface area contributed by atoms with Gasteiger partial charge in [-0.05, 0) is 23.3 Å². The van der Waals surface area contributed by atoms with Crippen LogP contribution in [-0.4, -0.2) is 32.1 Å². The molecule has 0 saturated heterocycles. The molecule has 1 heterocycles. The van der Waals surface area contributed by atoms with Crippen LogP contribution < -0.4 is 0 Å². The Hall–Kier alpha value is -3.41. The Morgan fingerprint density at radius 2 is 1.30 bits per heavy atom. The zero-order valence-electron chi connectivity index (χ0n) is 12.0. The molecule has 3 N–H and O–H groups in total. The first-order valence-corrected chi connectivity index (χ1v) is 6.69. The zero-order valence-corrected chi connectivity index (χ0v) is 12.0. The van der Waals surface area contributed by atoms with E-state index >= 15 is 0 Å². The van der Waals surface area contributed by atoms with Crippen molar-refractivity contribution in [1.82, 2.24) is 9.97 Å². The summed E-state index contributed by atoms with van der Waals surface area (Å²) in [4.78, 5) is 28.7. The van der Waals surface area contributed by atoms with Gasteiger partial charge in [-0.2, -0.15) is 0 Å². The highest BCUT2D eigenvalue weighted by Crippen LogP contribution is 2.27. The quantitative estimate of drug-likeness (QED) is 0.689. The monoisotopic (exact) mass is 310 g/mol. The number of benzene rings is 2. The van der Waals surface area contributed by atoms with E-state index < -0.39 is 11.9 Å². The van der Waals surface area contributed by atoms with Gasteiger partial charge in [0.15, 0.2) is 0 Å². The molecule has 0 amide bonds. The summed E-state index contributed by atoms with van der Waals surface area (Å²) >= 11 is 0. The van der Waals surface area contributed by atoms with Crippen LogP contribution in [-0.2, 0) is 0 Å². The first kappa shape index (κ1) is 16.0. The van der Waals surface area contributed by atoms with Crippen LogP contribution >= 0.6 is 0 Å². The van der Waals surface area contributed by atoms with Gasteiger partial charge in [0.05, 0.1) is 17.5 Å². The van der Waals surface area contributed by atoms with Crippen molar-refractivity contribution in [2.75, 3.05) is 0 Å². The van der Waals surface area contributed by atoms with Gasteiger partial charge in [0.2, 0.25) is 0 Å². The van der Waals surface area contributed by atoms with Crippen molar-refractivity contribution in [1.29, 1.82) is 0 Å². The fraction of sp³-hybridized carbons (Fsp3) is 0. The van der Waals surface area contributed by atoms with E-state index in [0.717, 1.165) is 0 Å². The number of carboxylic acid groups (broad SMARTS) is 2. The maximum absolute atomic E-state index is 11.1. The third kappa shape index (κ3) is 4.04. The smallest absolute Gasteiger partial charge is 0.336 e. The van der Waals surface area contributed by atoms with Crippen LogP contribution in [0.25, 0.3) is 11.1 Å². The van der Waals surface area contributed by atoms with E-state index in [1.165, 1.54) is 12.1 Å². The third-order valence-corrected chi connectivity index (χ3v) is 3.01. The Balaban J connectivity index is 0.000000326. The molecule has 0 atom stereocenters. The number of aromatic carboxylic acids is 2. The SMILES string of the molecule is O=C(O)c1ccccc1-c1ccccc1C(=O)O.c1c[nH]cn1. The average molecular weight is 310 g/mol. The Bertz CT molecular complexity index is 725. The summed E-state index contributed by atoms with van der Waals surface area (Å²) in [6, 6.07) is 12.7. The van der Waals surface area contributed by atoms with Crippen molar-refractivity contribution in [3.8, 4) is 11.1 Å². The van der Waals surface area contributed by atoms with Crippen LogP contribution in [0.4, 0.5) is 0 Å². The van der Waals surface area contributed by atoms with Crippen molar-refractivity contribution in [3.63, 3.8) is 0 Å². The molecule has 0 aliphatic rings. The maximum Gasteiger partial charge on any atom is 0.336 e. The van der Waals surface area contributed by atoms with Gasteiger partial charge >= 0.3 is 11.9 Å². The largest absolute Gasteiger partial charge is 0.478 e. The number of H-pyrrole nitrogens is 1. The highest BCUT2D eigenvalue weighted by Gasteiger charge is 2.16. The molecule has 0 radical (unpaired) electrons. The fourth-order valence-electron chi connectivity index (χ4n) is 2.02. The number of imidazole rings is 1. The number of carboxylic acids is 2. The summed E-state index contributed by atoms with van der Waals surface area (Å²) in [7, 11) is 0. The summed E-state index contributed by atoms with van der Waals surface area (Å²) in [6.07, 6.45) is 5.08. The van der Waals surface area contributed by atoms with Crippen molar-refractivity contribution >= 4 is 11.9 Å². The number of nitrogens with one attached hydrogen (secondary N) is 1. The predicted octanol–water partition coefficient (Wildman–Crippen LogP) is 3.16. The van der Waals surface area contributed by atoms with E-state index in [1.807, 2.05) is 0 Å². The third-order valence-electron chi connectivity index (χ3n) is 3.01. The lowest BCUT2D eigenvalue weighted by Gasteiger charge is -2.08. The lowest BCUT2D eigenvalue weighted by molar-refractivity contribution is 0.0684. The fourth-order valence-corrected chi connectivity index (χ4v) is 2.02. The molecule has 0 fully saturated rings. The summed E-state index contributed by atoms with van der Waals surface area (Å²) in [5, 5.41) is 18.2. The van der Waals surface area contributed by atoms with Gasteiger partial charge < -0.3 is 15.2 Å². The maximum atomic E-state index is 11.1. The summed E-state index contributed by atoms with van der Waals surface area (Å²) < 4.78 is 0. The number of aromatic amines is 1. The average Bonchev–Trinajstić information content (AvgIpc) is 3.14. The second-order valence-electron chi connectivity index (χ2n) is 4.46. The molecule has 3 rings (SSSR count). The van der Waals surface area contributed by atoms with E-state index in [0.29, 0.717) is 11.1 Å². The lowest BCUT2D eigenvalue weighted by atomic mass is 9.95. The first-order chi connectivity index (χ1) is 11.1. The van der Waals surface area contributed by atoms with Crippen LogP contribution in [0.1, 0.15) is 20.7 Å². The van der Waals surface area contributed by atoms with E-state index in [1.54, 1.807) is 55.1 Å². The number of carbonyl (C=O) groups is 2. The highest BCUT2D eigenvalue weighted by molar-refractivity contribution is 6.02. The standard InChI is InChI=1S/C14H10O4.C3H4N2/c15-13(16)11-7-3-1-5-9(11)10-6-2-4-8-12(10)14(17)18;1-2-5-3-4-1/h1-8H,(H,15,16)(H,17,18);1-3H,(H,4,5). The van der Waals surface area contributed by atoms with Gasteiger partial charge in [-0.25, -0.2) is 14.6 Å². The van der Waals surface area contributed by atoms with Gasteiger partial charge in [0, 0.05) is 12.4 Å². The van der Waals surface area contributed by atoms with E-state index in [2.05, 4.69) is 9.97 Å². The van der Waals surface area contributed by atoms with Gasteiger partial charge in [-0.3, -0.25) is 0 Å². The summed E-state index contributed by atoms with van der Waals surface area (Å²) in [5.74, 6) is -2.16. The molecule has 0 aliphatic carbocycles. The Morgan fingerprint density at radius 1 is 0.826 bits per heavy atom. The molecule has 0 unspecified atom stereocenters. The summed E-state index contributed by atoms with van der Waals surface area (Å²) in [5.41, 5.74) is 0.989. The van der Waals surface area contributed by atoms with Gasteiger partial charge in [-0.1, -0.05) is 36.4 Å². The van der Waals surface area contributed by atoms with E-state index in [-0.39, 0.29) is 11.1 Å². The molecule has 116 valence electrons. The molecule has 23 heavy (non-hydrogen) atoms. The Labute approximate surface area is 132 Å². The molecule has 6 heteroatoms. The molecule has 0 aliphatic heterocycles. The second-order valence-corrected chi connectivity index (χ2v) is 4.46. The number of nitrogens with zero attached hydrogens (tertiary/aromatic N) is 1.